The summed E-state index contributed by atoms with van der Waals surface area (Å²) in [5, 5.41) is 13.3. The van der Waals surface area contributed by atoms with Gasteiger partial charge in [-0.25, -0.2) is 0 Å². The van der Waals surface area contributed by atoms with E-state index in [1.807, 2.05) is 6.26 Å². The van der Waals surface area contributed by atoms with Crippen molar-refractivity contribution in [2.24, 2.45) is 0 Å². The van der Waals surface area contributed by atoms with Gasteiger partial charge in [0.2, 0.25) is 0 Å². The van der Waals surface area contributed by atoms with Crippen LogP contribution < -0.4 is 5.32 Å². The normalized spacial score (nSPS) is 14.0. The number of benzene rings is 1. The van der Waals surface area contributed by atoms with Crippen molar-refractivity contribution in [2.75, 3.05) is 18.6 Å². The van der Waals surface area contributed by atoms with E-state index >= 15 is 0 Å². The fourth-order valence-corrected chi connectivity index (χ4v) is 2.25. The summed E-state index contributed by atoms with van der Waals surface area (Å²) in [6.07, 6.45) is 2.63. The van der Waals surface area contributed by atoms with Crippen LogP contribution in [-0.4, -0.2) is 35.2 Å². The minimum atomic E-state index is -0.878. The van der Waals surface area contributed by atoms with E-state index in [9.17, 15) is 9.90 Å². The number of aliphatic hydroxyl groups is 1. The number of nitrogens with one attached hydrogen (secondary N) is 1. The maximum atomic E-state index is 11.8. The molecule has 0 aliphatic heterocycles. The van der Waals surface area contributed by atoms with E-state index in [0.29, 0.717) is 17.0 Å². The van der Waals surface area contributed by atoms with Gasteiger partial charge in [0.25, 0.3) is 5.91 Å². The molecule has 1 rings (SSSR count). The molecule has 3 nitrogen and oxygen atoms in total. The molecule has 0 spiro atoms. The van der Waals surface area contributed by atoms with Gasteiger partial charge in [-0.3, -0.25) is 4.79 Å². The molecule has 2 N–H and O–H groups in total. The second kappa shape index (κ2) is 7.02. The second-order valence-corrected chi connectivity index (χ2v) is 5.85. The molecule has 0 unspecified atom stereocenters. The van der Waals surface area contributed by atoms with Gasteiger partial charge < -0.3 is 10.4 Å². The maximum Gasteiger partial charge on any atom is 0.251 e. The van der Waals surface area contributed by atoms with Crippen LogP contribution in [0.4, 0.5) is 0 Å². The highest BCUT2D eigenvalue weighted by Crippen LogP contribution is 2.13. The van der Waals surface area contributed by atoms with Crippen LogP contribution in [0.3, 0.4) is 0 Å². The Kier molecular flexibility index (Phi) is 5.99. The lowest BCUT2D eigenvalue weighted by molar-refractivity contribution is 0.0528. The highest BCUT2D eigenvalue weighted by Gasteiger charge is 2.20. The summed E-state index contributed by atoms with van der Waals surface area (Å²) in [4.78, 5) is 11.8. The zero-order chi connectivity index (χ0) is 13.6. The summed E-state index contributed by atoms with van der Waals surface area (Å²) in [5.74, 6) is 0.641. The summed E-state index contributed by atoms with van der Waals surface area (Å²) in [6, 6.07) is 6.74. The number of halogens is 1. The molecule has 1 atom stereocenters. The van der Waals surface area contributed by atoms with E-state index < -0.39 is 5.60 Å². The quantitative estimate of drug-likeness (QED) is 0.845. The smallest absolute Gasteiger partial charge is 0.251 e. The predicted molar refractivity (Wildman–Crippen MR) is 77.4 cm³/mol. The molecule has 1 aromatic carbocycles. The van der Waals surface area contributed by atoms with Gasteiger partial charge in [-0.15, -0.1) is 0 Å². The summed E-state index contributed by atoms with van der Waals surface area (Å²) < 4.78 is 0. The van der Waals surface area contributed by atoms with Crippen LogP contribution in [0, 0.1) is 0 Å². The first-order valence-electron chi connectivity index (χ1n) is 5.70. The molecule has 0 aliphatic rings. The van der Waals surface area contributed by atoms with Crippen LogP contribution >= 0.6 is 23.4 Å². The number of hydrogen-bond acceptors (Lipinski definition) is 3. The Morgan fingerprint density at radius 3 is 2.89 bits per heavy atom. The average molecular weight is 288 g/mol. The monoisotopic (exact) mass is 287 g/mol. The van der Waals surface area contributed by atoms with E-state index in [1.54, 1.807) is 43.0 Å². The van der Waals surface area contributed by atoms with Crippen LogP contribution in [0.1, 0.15) is 23.7 Å². The Morgan fingerprint density at radius 1 is 1.56 bits per heavy atom. The van der Waals surface area contributed by atoms with Crippen molar-refractivity contribution in [2.45, 2.75) is 18.9 Å². The molecule has 0 bridgehead atoms. The fourth-order valence-electron chi connectivity index (χ4n) is 1.41. The van der Waals surface area contributed by atoms with Crippen molar-refractivity contribution in [3.05, 3.63) is 34.9 Å². The predicted octanol–water partition coefficient (Wildman–Crippen LogP) is 2.57. The zero-order valence-corrected chi connectivity index (χ0v) is 12.1. The standard InChI is InChI=1S/C13H18ClNO2S/c1-13(17,6-7-18-2)9-15-12(16)10-4-3-5-11(14)8-10/h3-5,8,17H,6-7,9H2,1-2H3,(H,15,16)/t13-/m1/s1. The molecular weight excluding hydrogens is 270 g/mol. The fraction of sp³-hybridized carbons (Fsp3) is 0.462. The Bertz CT molecular complexity index is 410. The van der Waals surface area contributed by atoms with Crippen molar-refractivity contribution < 1.29 is 9.90 Å². The van der Waals surface area contributed by atoms with Crippen molar-refractivity contribution in [1.29, 1.82) is 0 Å². The van der Waals surface area contributed by atoms with Gasteiger partial charge in [-0.1, -0.05) is 17.7 Å². The van der Waals surface area contributed by atoms with Crippen molar-refractivity contribution in [3.63, 3.8) is 0 Å². The highest BCUT2D eigenvalue weighted by molar-refractivity contribution is 7.98. The van der Waals surface area contributed by atoms with Gasteiger partial charge in [-0.2, -0.15) is 11.8 Å². The van der Waals surface area contributed by atoms with Gasteiger partial charge in [-0.05, 0) is 43.6 Å². The number of carbonyl (C=O) groups excluding carboxylic acids is 1. The largest absolute Gasteiger partial charge is 0.388 e. The topological polar surface area (TPSA) is 49.3 Å². The summed E-state index contributed by atoms with van der Waals surface area (Å²) >= 11 is 7.49. The van der Waals surface area contributed by atoms with Gasteiger partial charge in [0.15, 0.2) is 0 Å². The van der Waals surface area contributed by atoms with E-state index in [0.717, 1.165) is 5.75 Å². The van der Waals surface area contributed by atoms with Gasteiger partial charge >= 0.3 is 0 Å². The van der Waals surface area contributed by atoms with Crippen LogP contribution in [0.2, 0.25) is 5.02 Å². The summed E-state index contributed by atoms with van der Waals surface area (Å²) in [6.45, 7) is 1.96. The third-order valence-electron chi connectivity index (χ3n) is 2.56. The molecule has 1 amide bonds. The minimum Gasteiger partial charge on any atom is -0.388 e. The van der Waals surface area contributed by atoms with Crippen molar-refractivity contribution in [1.82, 2.24) is 5.32 Å². The lowest BCUT2D eigenvalue weighted by Crippen LogP contribution is -2.41. The third-order valence-corrected chi connectivity index (χ3v) is 3.41. The minimum absolute atomic E-state index is 0.220. The number of rotatable bonds is 6. The molecule has 0 heterocycles. The average Bonchev–Trinajstić information content (AvgIpc) is 2.34. The Morgan fingerprint density at radius 2 is 2.28 bits per heavy atom. The van der Waals surface area contributed by atoms with Crippen LogP contribution in [0.25, 0.3) is 0 Å². The lowest BCUT2D eigenvalue weighted by Gasteiger charge is -2.23. The molecule has 18 heavy (non-hydrogen) atoms. The van der Waals surface area contributed by atoms with Gasteiger partial charge in [0.1, 0.15) is 0 Å². The Labute approximate surface area is 117 Å². The van der Waals surface area contributed by atoms with Crippen molar-refractivity contribution in [3.8, 4) is 0 Å². The zero-order valence-electron chi connectivity index (χ0n) is 10.6. The first kappa shape index (κ1) is 15.3. The van der Waals surface area contributed by atoms with Crippen LogP contribution in [0.5, 0.6) is 0 Å². The first-order chi connectivity index (χ1) is 8.44. The molecule has 0 fully saturated rings. The molecule has 0 radical (unpaired) electrons. The van der Waals surface area contributed by atoms with E-state index in [1.165, 1.54) is 0 Å². The second-order valence-electron chi connectivity index (χ2n) is 4.43. The number of amides is 1. The summed E-state index contributed by atoms with van der Waals surface area (Å²) in [7, 11) is 0. The molecule has 0 saturated heterocycles. The SMILES string of the molecule is CSCC[C@@](C)(O)CNC(=O)c1cccc(Cl)c1. The van der Waals surface area contributed by atoms with Crippen LogP contribution in [-0.2, 0) is 0 Å². The molecular formula is C13H18ClNO2S. The van der Waals surface area contributed by atoms with Crippen LogP contribution in [0.15, 0.2) is 24.3 Å². The molecule has 0 aliphatic carbocycles. The molecule has 1 aromatic rings. The Hall–Kier alpha value is -0.710. The molecule has 0 aromatic heterocycles. The maximum absolute atomic E-state index is 11.8. The lowest BCUT2D eigenvalue weighted by atomic mass is 10.0. The highest BCUT2D eigenvalue weighted by atomic mass is 35.5. The third kappa shape index (κ3) is 5.29. The molecule has 5 heteroatoms. The number of thioether (sulfide) groups is 1. The Balaban J connectivity index is 2.50. The first-order valence-corrected chi connectivity index (χ1v) is 7.47. The molecule has 0 saturated carbocycles. The van der Waals surface area contributed by atoms with Gasteiger partial charge in [0, 0.05) is 17.1 Å². The number of carbonyl (C=O) groups is 1. The molecule has 100 valence electrons. The van der Waals surface area contributed by atoms with Crippen molar-refractivity contribution >= 4 is 29.3 Å². The van der Waals surface area contributed by atoms with Gasteiger partial charge in [0.05, 0.1) is 5.60 Å². The van der Waals surface area contributed by atoms with E-state index in [4.69, 9.17) is 11.6 Å². The van der Waals surface area contributed by atoms with E-state index in [2.05, 4.69) is 5.32 Å². The number of hydrogen-bond donors (Lipinski definition) is 2. The summed E-state index contributed by atoms with van der Waals surface area (Å²) in [5.41, 5.74) is -0.375. The van der Waals surface area contributed by atoms with E-state index in [-0.39, 0.29) is 12.5 Å².